The Hall–Kier alpha value is -1.82. The van der Waals surface area contributed by atoms with E-state index in [1.54, 1.807) is 0 Å². The summed E-state index contributed by atoms with van der Waals surface area (Å²) in [4.78, 5) is 14.2. The van der Waals surface area contributed by atoms with Gasteiger partial charge in [-0.2, -0.15) is 0 Å². The van der Waals surface area contributed by atoms with E-state index in [0.29, 0.717) is 6.54 Å². The fraction of sp³-hybridized carbons (Fsp3) is 0.700. The van der Waals surface area contributed by atoms with E-state index in [4.69, 9.17) is 9.73 Å². The van der Waals surface area contributed by atoms with Crippen molar-refractivity contribution in [2.24, 2.45) is 10.9 Å². The van der Waals surface area contributed by atoms with Crippen molar-refractivity contribution in [2.45, 2.75) is 46.3 Å². The van der Waals surface area contributed by atoms with Crippen LogP contribution in [0.25, 0.3) is 0 Å². The Bertz CT molecular complexity index is 588. The van der Waals surface area contributed by atoms with Crippen molar-refractivity contribution >= 4 is 11.8 Å². The standard InChI is InChI=1S/C20H33N5O/c1-4-21-20(25-9-5-6-16(2)14-25)23-13-18-7-8-19(22-12-18)24-10-11-26-17(3)15-24/h7-8,12,16-17H,4-6,9-11,13-15H2,1-3H3,(H,21,23). The Labute approximate surface area is 157 Å². The number of aliphatic imine (C=N–C) groups is 1. The summed E-state index contributed by atoms with van der Waals surface area (Å²) < 4.78 is 5.61. The van der Waals surface area contributed by atoms with E-state index in [9.17, 15) is 0 Å². The van der Waals surface area contributed by atoms with Gasteiger partial charge in [0.15, 0.2) is 5.96 Å². The van der Waals surface area contributed by atoms with E-state index in [0.717, 1.165) is 62.6 Å². The summed E-state index contributed by atoms with van der Waals surface area (Å²) >= 11 is 0. The van der Waals surface area contributed by atoms with Gasteiger partial charge >= 0.3 is 0 Å². The number of aromatic nitrogens is 1. The molecular weight excluding hydrogens is 326 g/mol. The predicted molar refractivity (Wildman–Crippen MR) is 107 cm³/mol. The van der Waals surface area contributed by atoms with Crippen molar-refractivity contribution in [1.82, 2.24) is 15.2 Å². The Kier molecular flexibility index (Phi) is 6.72. The molecular formula is C20H33N5O. The van der Waals surface area contributed by atoms with Gasteiger partial charge in [-0.1, -0.05) is 13.0 Å². The summed E-state index contributed by atoms with van der Waals surface area (Å²) in [7, 11) is 0. The molecule has 1 N–H and O–H groups in total. The lowest BCUT2D eigenvalue weighted by Gasteiger charge is -2.33. The van der Waals surface area contributed by atoms with Crippen molar-refractivity contribution < 1.29 is 4.74 Å². The van der Waals surface area contributed by atoms with Gasteiger partial charge in [-0.15, -0.1) is 0 Å². The van der Waals surface area contributed by atoms with Crippen molar-refractivity contribution in [3.63, 3.8) is 0 Å². The second-order valence-corrected chi connectivity index (χ2v) is 7.52. The molecule has 26 heavy (non-hydrogen) atoms. The number of nitrogens with zero attached hydrogens (tertiary/aromatic N) is 4. The van der Waals surface area contributed by atoms with Crippen molar-refractivity contribution in [1.29, 1.82) is 0 Å². The number of ether oxygens (including phenoxy) is 1. The number of likely N-dealkylation sites (tertiary alicyclic amines) is 1. The quantitative estimate of drug-likeness (QED) is 0.661. The number of hydrogen-bond acceptors (Lipinski definition) is 4. The Balaban J connectivity index is 1.62. The second kappa shape index (κ2) is 9.21. The van der Waals surface area contributed by atoms with Gasteiger partial charge in [-0.05, 0) is 44.2 Å². The van der Waals surface area contributed by atoms with Crippen LogP contribution in [-0.2, 0) is 11.3 Å². The van der Waals surface area contributed by atoms with Crippen LogP contribution >= 0.6 is 0 Å². The third-order valence-electron chi connectivity index (χ3n) is 5.08. The number of morpholine rings is 1. The van der Waals surface area contributed by atoms with Crippen LogP contribution in [0.4, 0.5) is 5.82 Å². The average Bonchev–Trinajstić information content (AvgIpc) is 2.65. The molecule has 144 valence electrons. The number of pyridine rings is 1. The van der Waals surface area contributed by atoms with E-state index in [1.165, 1.54) is 12.8 Å². The van der Waals surface area contributed by atoms with Crippen LogP contribution in [0.5, 0.6) is 0 Å². The van der Waals surface area contributed by atoms with Gasteiger partial charge in [0.25, 0.3) is 0 Å². The molecule has 2 aliphatic rings. The van der Waals surface area contributed by atoms with E-state index in [-0.39, 0.29) is 6.10 Å². The Morgan fingerprint density at radius 1 is 1.31 bits per heavy atom. The first-order valence-corrected chi connectivity index (χ1v) is 10.0. The molecule has 6 nitrogen and oxygen atoms in total. The fourth-order valence-corrected chi connectivity index (χ4v) is 3.70. The average molecular weight is 360 g/mol. The summed E-state index contributed by atoms with van der Waals surface area (Å²) in [5, 5.41) is 3.44. The first-order valence-electron chi connectivity index (χ1n) is 10.0. The maximum atomic E-state index is 5.61. The Morgan fingerprint density at radius 2 is 2.19 bits per heavy atom. The summed E-state index contributed by atoms with van der Waals surface area (Å²) in [6.07, 6.45) is 4.80. The molecule has 1 aromatic heterocycles. The number of rotatable bonds is 4. The largest absolute Gasteiger partial charge is 0.375 e. The molecule has 0 spiro atoms. The van der Waals surface area contributed by atoms with Crippen LogP contribution in [0.3, 0.4) is 0 Å². The van der Waals surface area contributed by atoms with Crippen LogP contribution in [0.2, 0.25) is 0 Å². The molecule has 3 heterocycles. The SMILES string of the molecule is CCNC(=NCc1ccc(N2CCOC(C)C2)nc1)N1CCCC(C)C1. The van der Waals surface area contributed by atoms with Crippen molar-refractivity contribution in [2.75, 3.05) is 44.2 Å². The zero-order valence-corrected chi connectivity index (χ0v) is 16.4. The molecule has 0 aromatic carbocycles. The van der Waals surface area contributed by atoms with Crippen molar-refractivity contribution in [3.05, 3.63) is 23.9 Å². The second-order valence-electron chi connectivity index (χ2n) is 7.52. The Morgan fingerprint density at radius 3 is 2.88 bits per heavy atom. The lowest BCUT2D eigenvalue weighted by molar-refractivity contribution is 0.0529. The topological polar surface area (TPSA) is 53.0 Å². The van der Waals surface area contributed by atoms with Crippen molar-refractivity contribution in [3.8, 4) is 0 Å². The predicted octanol–water partition coefficient (Wildman–Crippen LogP) is 2.50. The molecule has 2 aliphatic heterocycles. The number of nitrogens with one attached hydrogen (secondary N) is 1. The molecule has 6 heteroatoms. The number of guanidine groups is 1. The van der Waals surface area contributed by atoms with Gasteiger partial charge in [0.2, 0.25) is 0 Å². The van der Waals surface area contributed by atoms with Gasteiger partial charge < -0.3 is 19.9 Å². The molecule has 0 amide bonds. The van der Waals surface area contributed by atoms with Gasteiger partial charge in [-0.3, -0.25) is 0 Å². The van der Waals surface area contributed by atoms with E-state index in [2.05, 4.69) is 53.0 Å². The number of piperidine rings is 1. The summed E-state index contributed by atoms with van der Waals surface area (Å²) in [6.45, 7) is 12.9. The molecule has 0 bridgehead atoms. The van der Waals surface area contributed by atoms with Crippen LogP contribution in [0, 0.1) is 5.92 Å². The summed E-state index contributed by atoms with van der Waals surface area (Å²) in [5.74, 6) is 2.80. The normalized spacial score (nSPS) is 24.7. The number of anilines is 1. The van der Waals surface area contributed by atoms with Gasteiger partial charge in [0, 0.05) is 38.9 Å². The molecule has 1 aromatic rings. The minimum atomic E-state index is 0.268. The lowest BCUT2D eigenvalue weighted by Crippen LogP contribution is -2.46. The zero-order chi connectivity index (χ0) is 18.4. The third-order valence-corrected chi connectivity index (χ3v) is 5.08. The van der Waals surface area contributed by atoms with E-state index in [1.807, 2.05) is 6.20 Å². The summed E-state index contributed by atoms with van der Waals surface area (Å²) in [6, 6.07) is 4.26. The van der Waals surface area contributed by atoms with E-state index >= 15 is 0 Å². The molecule has 0 radical (unpaired) electrons. The highest BCUT2D eigenvalue weighted by Crippen LogP contribution is 2.17. The monoisotopic (exact) mass is 359 g/mol. The van der Waals surface area contributed by atoms with Crippen LogP contribution in [0.1, 0.15) is 39.2 Å². The first kappa shape index (κ1) is 19.0. The minimum Gasteiger partial charge on any atom is -0.375 e. The van der Waals surface area contributed by atoms with Crippen LogP contribution in [-0.4, -0.2) is 61.3 Å². The van der Waals surface area contributed by atoms with Gasteiger partial charge in [0.1, 0.15) is 5.82 Å². The maximum absolute atomic E-state index is 5.61. The highest BCUT2D eigenvalue weighted by molar-refractivity contribution is 5.80. The molecule has 2 fully saturated rings. The van der Waals surface area contributed by atoms with Crippen LogP contribution in [0.15, 0.2) is 23.3 Å². The smallest absolute Gasteiger partial charge is 0.194 e. The molecule has 3 rings (SSSR count). The molecule has 0 aliphatic carbocycles. The third kappa shape index (κ3) is 5.10. The molecule has 0 saturated carbocycles. The highest BCUT2D eigenvalue weighted by Gasteiger charge is 2.19. The van der Waals surface area contributed by atoms with Crippen LogP contribution < -0.4 is 10.2 Å². The summed E-state index contributed by atoms with van der Waals surface area (Å²) in [5.41, 5.74) is 1.15. The molecule has 2 saturated heterocycles. The lowest BCUT2D eigenvalue weighted by atomic mass is 10.0. The highest BCUT2D eigenvalue weighted by atomic mass is 16.5. The maximum Gasteiger partial charge on any atom is 0.194 e. The minimum absolute atomic E-state index is 0.268. The molecule has 2 unspecified atom stereocenters. The number of hydrogen-bond donors (Lipinski definition) is 1. The fourth-order valence-electron chi connectivity index (χ4n) is 3.70. The first-order chi connectivity index (χ1) is 12.7. The molecule has 2 atom stereocenters. The van der Waals surface area contributed by atoms with E-state index < -0.39 is 0 Å². The van der Waals surface area contributed by atoms with Gasteiger partial charge in [-0.25, -0.2) is 9.98 Å². The van der Waals surface area contributed by atoms with Gasteiger partial charge in [0.05, 0.1) is 19.3 Å². The zero-order valence-electron chi connectivity index (χ0n) is 16.4.